The molecular weight excluding hydrogens is 213 g/mol. The van der Waals surface area contributed by atoms with Crippen molar-refractivity contribution in [2.24, 2.45) is 7.05 Å². The SMILES string of the molecule is C[n+]1sc2ccccc2c1Cl.[Cl-]. The standard InChI is InChI=1S/C8H7ClNS.ClH/c1-10-8(9)6-4-2-3-5-7(6)11-10;/h2-5H,1H3;1H/q+1;/p-1. The van der Waals surface area contributed by atoms with Gasteiger partial charge in [0.1, 0.15) is 16.2 Å². The molecular formula is C8H7Cl2NS. The molecule has 0 radical (unpaired) electrons. The van der Waals surface area contributed by atoms with Gasteiger partial charge in [0.05, 0.1) is 5.39 Å². The molecule has 1 nitrogen and oxygen atoms in total. The molecule has 0 saturated heterocycles. The average Bonchev–Trinajstić information content (AvgIpc) is 2.30. The smallest absolute Gasteiger partial charge is 0.296 e. The molecule has 0 aliphatic carbocycles. The highest BCUT2D eigenvalue weighted by Crippen LogP contribution is 2.23. The minimum absolute atomic E-state index is 0. The van der Waals surface area contributed by atoms with Crippen LogP contribution in [-0.4, -0.2) is 0 Å². The predicted molar refractivity (Wildman–Crippen MR) is 48.0 cm³/mol. The normalized spacial score (nSPS) is 9.83. The van der Waals surface area contributed by atoms with Gasteiger partial charge in [-0.25, -0.2) is 0 Å². The fraction of sp³-hybridized carbons (Fsp3) is 0.125. The first-order valence-corrected chi connectivity index (χ1v) is 4.48. The molecule has 0 atom stereocenters. The minimum atomic E-state index is 0. The molecule has 2 rings (SSSR count). The van der Waals surface area contributed by atoms with Gasteiger partial charge in [0.25, 0.3) is 5.15 Å². The summed E-state index contributed by atoms with van der Waals surface area (Å²) in [6.07, 6.45) is 0. The number of halogens is 2. The van der Waals surface area contributed by atoms with Crippen molar-refractivity contribution >= 4 is 33.2 Å². The van der Waals surface area contributed by atoms with E-state index in [9.17, 15) is 0 Å². The van der Waals surface area contributed by atoms with Crippen molar-refractivity contribution in [3.63, 3.8) is 0 Å². The maximum absolute atomic E-state index is 6.01. The van der Waals surface area contributed by atoms with Gasteiger partial charge in [-0.05, 0) is 23.7 Å². The third-order valence-electron chi connectivity index (χ3n) is 1.62. The topological polar surface area (TPSA) is 3.88 Å². The first kappa shape index (κ1) is 9.78. The highest BCUT2D eigenvalue weighted by atomic mass is 35.5. The zero-order chi connectivity index (χ0) is 7.84. The number of fused-ring (bicyclic) bond motifs is 1. The first-order valence-electron chi connectivity index (χ1n) is 3.32. The van der Waals surface area contributed by atoms with E-state index >= 15 is 0 Å². The molecule has 1 aromatic carbocycles. The lowest BCUT2D eigenvalue weighted by atomic mass is 10.3. The molecule has 0 fully saturated rings. The van der Waals surface area contributed by atoms with E-state index in [4.69, 9.17) is 11.6 Å². The van der Waals surface area contributed by atoms with Gasteiger partial charge in [-0.3, -0.25) is 0 Å². The third kappa shape index (κ3) is 1.42. The van der Waals surface area contributed by atoms with Gasteiger partial charge in [-0.15, -0.1) is 3.96 Å². The van der Waals surface area contributed by atoms with Gasteiger partial charge in [0.2, 0.25) is 0 Å². The monoisotopic (exact) mass is 219 g/mol. The van der Waals surface area contributed by atoms with Crippen LogP contribution in [0.2, 0.25) is 5.15 Å². The lowest BCUT2D eigenvalue weighted by Gasteiger charge is -1.79. The number of hydrogen-bond donors (Lipinski definition) is 0. The van der Waals surface area contributed by atoms with E-state index in [2.05, 4.69) is 6.07 Å². The minimum Gasteiger partial charge on any atom is -1.00 e. The molecule has 0 saturated carbocycles. The van der Waals surface area contributed by atoms with Crippen LogP contribution in [0.4, 0.5) is 0 Å². The maximum atomic E-state index is 6.01. The molecule has 64 valence electrons. The van der Waals surface area contributed by atoms with Crippen LogP contribution < -0.4 is 16.4 Å². The van der Waals surface area contributed by atoms with Gasteiger partial charge < -0.3 is 12.4 Å². The number of benzene rings is 1. The molecule has 1 aromatic heterocycles. The lowest BCUT2D eigenvalue weighted by Crippen LogP contribution is -3.00. The van der Waals surface area contributed by atoms with Crippen LogP contribution in [0.3, 0.4) is 0 Å². The van der Waals surface area contributed by atoms with Gasteiger partial charge in [0, 0.05) is 0 Å². The summed E-state index contributed by atoms with van der Waals surface area (Å²) in [6, 6.07) is 8.14. The fourth-order valence-corrected chi connectivity index (χ4v) is 2.27. The molecule has 0 aliphatic heterocycles. The lowest BCUT2D eigenvalue weighted by molar-refractivity contribution is -0.597. The second-order valence-corrected chi connectivity index (χ2v) is 3.90. The number of aromatic nitrogens is 1. The van der Waals surface area contributed by atoms with Crippen LogP contribution in [0.15, 0.2) is 24.3 Å². The van der Waals surface area contributed by atoms with Crippen LogP contribution in [-0.2, 0) is 7.05 Å². The summed E-state index contributed by atoms with van der Waals surface area (Å²) in [5.41, 5.74) is 0. The highest BCUT2D eigenvalue weighted by molar-refractivity contribution is 7.09. The Bertz CT molecular complexity index is 397. The molecule has 0 N–H and O–H groups in total. The zero-order valence-corrected chi connectivity index (χ0v) is 8.75. The fourth-order valence-electron chi connectivity index (χ4n) is 1.07. The summed E-state index contributed by atoms with van der Waals surface area (Å²) in [7, 11) is 1.97. The Morgan fingerprint density at radius 3 is 2.67 bits per heavy atom. The van der Waals surface area contributed by atoms with Gasteiger partial charge in [0.15, 0.2) is 7.05 Å². The first-order chi connectivity index (χ1) is 5.29. The van der Waals surface area contributed by atoms with Gasteiger partial charge in [-0.2, -0.15) is 0 Å². The van der Waals surface area contributed by atoms with Crippen LogP contribution in [0.1, 0.15) is 0 Å². The van der Waals surface area contributed by atoms with E-state index < -0.39 is 0 Å². The summed E-state index contributed by atoms with van der Waals surface area (Å²) in [6.45, 7) is 0. The zero-order valence-electron chi connectivity index (χ0n) is 6.42. The van der Waals surface area contributed by atoms with Crippen LogP contribution >= 0.6 is 23.1 Å². The van der Waals surface area contributed by atoms with Crippen molar-refractivity contribution < 1.29 is 16.4 Å². The Hall–Kier alpha value is -0.310. The Morgan fingerprint density at radius 2 is 2.00 bits per heavy atom. The molecule has 2 aromatic rings. The highest BCUT2D eigenvalue weighted by Gasteiger charge is 2.12. The van der Waals surface area contributed by atoms with Crippen LogP contribution in [0.5, 0.6) is 0 Å². The van der Waals surface area contributed by atoms with E-state index in [0.29, 0.717) is 0 Å². The summed E-state index contributed by atoms with van der Waals surface area (Å²) in [4.78, 5) is 0. The van der Waals surface area contributed by atoms with Gasteiger partial charge in [-0.1, -0.05) is 12.1 Å². The Labute approximate surface area is 86.1 Å². The summed E-state index contributed by atoms with van der Waals surface area (Å²) in [5, 5.41) is 1.97. The quantitative estimate of drug-likeness (QED) is 0.521. The van der Waals surface area contributed by atoms with E-state index in [1.165, 1.54) is 4.70 Å². The van der Waals surface area contributed by atoms with E-state index in [0.717, 1.165) is 10.5 Å². The van der Waals surface area contributed by atoms with E-state index in [-0.39, 0.29) is 12.4 Å². The predicted octanol–water partition coefficient (Wildman–Crippen LogP) is -0.617. The number of rotatable bonds is 0. The van der Waals surface area contributed by atoms with Crippen molar-refractivity contribution in [3.05, 3.63) is 29.4 Å². The average molecular weight is 220 g/mol. The van der Waals surface area contributed by atoms with Crippen LogP contribution in [0.25, 0.3) is 10.1 Å². The van der Waals surface area contributed by atoms with Crippen molar-refractivity contribution in [2.45, 2.75) is 0 Å². The molecule has 0 amide bonds. The molecule has 12 heavy (non-hydrogen) atoms. The molecule has 4 heteroatoms. The van der Waals surface area contributed by atoms with Crippen molar-refractivity contribution in [1.29, 1.82) is 0 Å². The summed E-state index contributed by atoms with van der Waals surface area (Å²) in [5.74, 6) is 0. The molecule has 0 unspecified atom stereocenters. The Balaban J connectivity index is 0.000000720. The Kier molecular flexibility index (Phi) is 2.94. The van der Waals surface area contributed by atoms with Crippen LogP contribution in [0, 0.1) is 0 Å². The largest absolute Gasteiger partial charge is 1.00 e. The number of nitrogens with zero attached hydrogens (tertiary/aromatic N) is 1. The van der Waals surface area contributed by atoms with Crippen molar-refractivity contribution in [1.82, 2.24) is 0 Å². The second kappa shape index (κ2) is 3.60. The molecule has 0 spiro atoms. The van der Waals surface area contributed by atoms with Gasteiger partial charge >= 0.3 is 0 Å². The van der Waals surface area contributed by atoms with Crippen molar-refractivity contribution in [3.8, 4) is 0 Å². The van der Waals surface area contributed by atoms with E-state index in [1.807, 2.05) is 29.2 Å². The second-order valence-electron chi connectivity index (χ2n) is 2.38. The molecule has 0 aliphatic rings. The summed E-state index contributed by atoms with van der Waals surface area (Å²) < 4.78 is 3.20. The molecule has 1 heterocycles. The molecule has 0 bridgehead atoms. The Morgan fingerprint density at radius 1 is 1.33 bits per heavy atom. The number of aryl methyl sites for hydroxylation is 1. The third-order valence-corrected chi connectivity index (χ3v) is 3.19. The maximum Gasteiger partial charge on any atom is 0.296 e. The summed E-state index contributed by atoms with van der Waals surface area (Å²) >= 11 is 7.68. The van der Waals surface area contributed by atoms with E-state index in [1.54, 1.807) is 11.5 Å². The van der Waals surface area contributed by atoms with Crippen molar-refractivity contribution in [2.75, 3.05) is 0 Å². The number of hydrogen-bond acceptors (Lipinski definition) is 1.